The average molecular weight is 403 g/mol. The number of piperazine rings is 1. The highest BCUT2D eigenvalue weighted by molar-refractivity contribution is 5.92. The number of hydrogen-bond donors (Lipinski definition) is 0. The van der Waals surface area contributed by atoms with Crippen molar-refractivity contribution in [2.75, 3.05) is 31.1 Å². The molecule has 7 nitrogen and oxygen atoms in total. The third-order valence-electron chi connectivity index (χ3n) is 5.65. The number of imidazole rings is 1. The molecule has 0 radical (unpaired) electrons. The molecule has 0 bridgehead atoms. The summed E-state index contributed by atoms with van der Waals surface area (Å²) in [5, 5.41) is 0. The van der Waals surface area contributed by atoms with Crippen LogP contribution in [-0.4, -0.2) is 56.5 Å². The molecule has 4 rings (SSSR count). The van der Waals surface area contributed by atoms with Gasteiger partial charge >= 0.3 is 0 Å². The lowest BCUT2D eigenvalue weighted by atomic mass is 10.1. The Morgan fingerprint density at radius 1 is 0.967 bits per heavy atom. The Kier molecular flexibility index (Phi) is 5.61. The first-order chi connectivity index (χ1) is 14.5. The first-order valence-corrected chi connectivity index (χ1v) is 10.1. The molecule has 1 fully saturated rings. The van der Waals surface area contributed by atoms with Crippen molar-refractivity contribution in [1.82, 2.24) is 24.4 Å². The van der Waals surface area contributed by atoms with Gasteiger partial charge in [0.2, 0.25) is 5.91 Å². The summed E-state index contributed by atoms with van der Waals surface area (Å²) in [6.07, 6.45) is 6.94. The number of aryl methyl sites for hydroxylation is 2. The van der Waals surface area contributed by atoms with E-state index in [1.165, 1.54) is 0 Å². The predicted octanol–water partition coefficient (Wildman–Crippen LogP) is 2.95. The second-order valence-corrected chi connectivity index (χ2v) is 7.52. The van der Waals surface area contributed by atoms with E-state index in [-0.39, 0.29) is 5.91 Å². The highest BCUT2D eigenvalue weighted by Gasteiger charge is 2.21. The van der Waals surface area contributed by atoms with Crippen LogP contribution in [0.15, 0.2) is 49.1 Å². The molecule has 1 amide bonds. The summed E-state index contributed by atoms with van der Waals surface area (Å²) in [5.74, 6) is 1.72. The monoisotopic (exact) mass is 402 g/mol. The normalized spacial score (nSPS) is 14.5. The van der Waals surface area contributed by atoms with Crippen LogP contribution in [-0.2, 0) is 4.79 Å². The Bertz CT molecular complexity index is 1080. The zero-order valence-corrected chi connectivity index (χ0v) is 17.6. The highest BCUT2D eigenvalue weighted by atomic mass is 16.2. The van der Waals surface area contributed by atoms with Crippen LogP contribution in [0.2, 0.25) is 0 Å². The molecular weight excluding hydrogens is 376 g/mol. The van der Waals surface area contributed by atoms with Crippen molar-refractivity contribution < 1.29 is 4.79 Å². The van der Waals surface area contributed by atoms with Crippen molar-refractivity contribution in [2.24, 2.45) is 0 Å². The Hall–Kier alpha value is -3.48. The van der Waals surface area contributed by atoms with Gasteiger partial charge in [0.15, 0.2) is 0 Å². The summed E-state index contributed by atoms with van der Waals surface area (Å²) in [7, 11) is 0. The van der Waals surface area contributed by atoms with Crippen molar-refractivity contribution in [3.8, 4) is 5.82 Å². The lowest BCUT2D eigenvalue weighted by Gasteiger charge is -2.35. The van der Waals surface area contributed by atoms with E-state index in [4.69, 9.17) is 0 Å². The number of hydrogen-bond acceptors (Lipinski definition) is 5. The maximum absolute atomic E-state index is 12.6. The molecule has 3 heterocycles. The Morgan fingerprint density at radius 3 is 2.40 bits per heavy atom. The van der Waals surface area contributed by atoms with E-state index in [1.807, 2.05) is 66.6 Å². The Balaban J connectivity index is 1.40. The summed E-state index contributed by atoms with van der Waals surface area (Å²) in [6, 6.07) is 10.0. The number of benzene rings is 1. The van der Waals surface area contributed by atoms with Gasteiger partial charge in [0, 0.05) is 44.0 Å². The van der Waals surface area contributed by atoms with Gasteiger partial charge in [-0.25, -0.2) is 15.0 Å². The van der Waals surface area contributed by atoms with E-state index in [2.05, 4.69) is 19.9 Å². The minimum Gasteiger partial charge on any atom is -0.353 e. The van der Waals surface area contributed by atoms with Gasteiger partial charge in [-0.3, -0.25) is 9.36 Å². The zero-order valence-electron chi connectivity index (χ0n) is 17.6. The molecule has 1 aliphatic heterocycles. The number of carbonyl (C=O) groups excluding carboxylic acids is 1. The van der Waals surface area contributed by atoms with Gasteiger partial charge in [0.05, 0.1) is 5.69 Å². The van der Waals surface area contributed by atoms with Crippen LogP contribution in [0.1, 0.15) is 22.5 Å². The average Bonchev–Trinajstić information content (AvgIpc) is 3.11. The zero-order chi connectivity index (χ0) is 21.1. The van der Waals surface area contributed by atoms with Crippen LogP contribution in [0.4, 0.5) is 5.82 Å². The van der Waals surface area contributed by atoms with E-state index in [0.29, 0.717) is 13.1 Å². The molecule has 2 aromatic heterocycles. The summed E-state index contributed by atoms with van der Waals surface area (Å²) >= 11 is 0. The summed E-state index contributed by atoms with van der Waals surface area (Å²) in [5.41, 5.74) is 4.29. The van der Waals surface area contributed by atoms with Crippen molar-refractivity contribution >= 4 is 17.8 Å². The first-order valence-electron chi connectivity index (χ1n) is 10.1. The molecule has 0 aliphatic carbocycles. The fourth-order valence-electron chi connectivity index (χ4n) is 3.57. The van der Waals surface area contributed by atoms with E-state index in [1.54, 1.807) is 18.7 Å². The van der Waals surface area contributed by atoms with Gasteiger partial charge < -0.3 is 9.80 Å². The second-order valence-electron chi connectivity index (χ2n) is 7.52. The number of rotatable bonds is 4. The predicted molar refractivity (Wildman–Crippen MR) is 118 cm³/mol. The quantitative estimate of drug-likeness (QED) is 0.628. The van der Waals surface area contributed by atoms with Crippen LogP contribution in [0.3, 0.4) is 0 Å². The van der Waals surface area contributed by atoms with Crippen LogP contribution < -0.4 is 4.90 Å². The van der Waals surface area contributed by atoms with E-state index in [0.717, 1.165) is 47.2 Å². The topological polar surface area (TPSA) is 67.2 Å². The smallest absolute Gasteiger partial charge is 0.246 e. The molecule has 0 N–H and O–H groups in total. The summed E-state index contributed by atoms with van der Waals surface area (Å²) in [6.45, 7) is 8.87. The van der Waals surface area contributed by atoms with Gasteiger partial charge in [-0.15, -0.1) is 0 Å². The van der Waals surface area contributed by atoms with Crippen molar-refractivity contribution in [2.45, 2.75) is 20.8 Å². The van der Waals surface area contributed by atoms with Gasteiger partial charge in [-0.1, -0.05) is 24.3 Å². The summed E-state index contributed by atoms with van der Waals surface area (Å²) in [4.78, 5) is 29.9. The number of aromatic nitrogens is 4. The van der Waals surface area contributed by atoms with Crippen LogP contribution in [0, 0.1) is 20.8 Å². The number of anilines is 1. The number of amides is 1. The van der Waals surface area contributed by atoms with Gasteiger partial charge in [-0.2, -0.15) is 0 Å². The molecule has 30 heavy (non-hydrogen) atoms. The molecule has 154 valence electrons. The standard InChI is InChI=1S/C23H26N6O/c1-17-6-4-5-7-20(17)8-9-23(30)28-12-10-27(11-13-28)21-14-22(25-15-24-21)29-16-26-18(2)19(29)3/h4-9,14-16H,10-13H2,1-3H3/b9-8+. The molecule has 1 saturated heterocycles. The van der Waals surface area contributed by atoms with E-state index < -0.39 is 0 Å². The third kappa shape index (κ3) is 4.10. The van der Waals surface area contributed by atoms with Gasteiger partial charge in [0.1, 0.15) is 24.3 Å². The molecule has 1 aromatic carbocycles. The number of nitrogens with zero attached hydrogens (tertiary/aromatic N) is 6. The molecule has 3 aromatic rings. The fraction of sp³-hybridized carbons (Fsp3) is 0.304. The lowest BCUT2D eigenvalue weighted by molar-refractivity contribution is -0.126. The van der Waals surface area contributed by atoms with Gasteiger partial charge in [0.25, 0.3) is 0 Å². The maximum atomic E-state index is 12.6. The molecule has 7 heteroatoms. The third-order valence-corrected chi connectivity index (χ3v) is 5.65. The molecular formula is C23H26N6O. The van der Waals surface area contributed by atoms with Crippen LogP contribution >= 0.6 is 0 Å². The molecule has 0 atom stereocenters. The second kappa shape index (κ2) is 8.49. The van der Waals surface area contributed by atoms with E-state index >= 15 is 0 Å². The molecule has 0 spiro atoms. The Labute approximate surface area is 176 Å². The largest absolute Gasteiger partial charge is 0.353 e. The minimum atomic E-state index is 0.0470. The summed E-state index contributed by atoms with van der Waals surface area (Å²) < 4.78 is 1.97. The van der Waals surface area contributed by atoms with E-state index in [9.17, 15) is 4.79 Å². The Morgan fingerprint density at radius 2 is 1.70 bits per heavy atom. The van der Waals surface area contributed by atoms with Gasteiger partial charge in [-0.05, 0) is 38.0 Å². The number of carbonyl (C=O) groups is 1. The highest BCUT2D eigenvalue weighted by Crippen LogP contribution is 2.18. The first kappa shape index (κ1) is 19.8. The van der Waals surface area contributed by atoms with Crippen LogP contribution in [0.5, 0.6) is 0 Å². The minimum absolute atomic E-state index is 0.0470. The molecule has 1 aliphatic rings. The van der Waals surface area contributed by atoms with Crippen molar-refractivity contribution in [1.29, 1.82) is 0 Å². The lowest BCUT2D eigenvalue weighted by Crippen LogP contribution is -2.48. The SMILES string of the molecule is Cc1ccccc1/C=C/C(=O)N1CCN(c2cc(-n3cnc(C)c3C)ncn2)CC1. The van der Waals surface area contributed by atoms with Crippen molar-refractivity contribution in [3.05, 3.63) is 71.6 Å². The molecule has 0 unspecified atom stereocenters. The molecule has 0 saturated carbocycles. The maximum Gasteiger partial charge on any atom is 0.246 e. The van der Waals surface area contributed by atoms with Crippen molar-refractivity contribution in [3.63, 3.8) is 0 Å². The fourth-order valence-corrected chi connectivity index (χ4v) is 3.57. The van der Waals surface area contributed by atoms with Crippen LogP contribution in [0.25, 0.3) is 11.9 Å².